The normalized spacial score (nSPS) is 20.0. The second kappa shape index (κ2) is 9.72. The van der Waals surface area contributed by atoms with E-state index in [-0.39, 0.29) is 17.9 Å². The van der Waals surface area contributed by atoms with Gasteiger partial charge in [0.1, 0.15) is 0 Å². The number of carbonyl (C=O) groups is 2. The van der Waals surface area contributed by atoms with Crippen molar-refractivity contribution in [2.24, 2.45) is 0 Å². The van der Waals surface area contributed by atoms with Crippen LogP contribution in [0.4, 0.5) is 5.69 Å². The molecule has 1 aromatic carbocycles. The molecule has 0 spiro atoms. The minimum absolute atomic E-state index is 0.0248. The molecule has 2 saturated heterocycles. The van der Waals surface area contributed by atoms with Gasteiger partial charge < -0.3 is 10.2 Å². The van der Waals surface area contributed by atoms with Gasteiger partial charge in [0.2, 0.25) is 11.8 Å². The Morgan fingerprint density at radius 1 is 1.07 bits per heavy atom. The fraction of sp³-hybridized carbons (Fsp3) is 0.619. The van der Waals surface area contributed by atoms with Crippen LogP contribution < -0.4 is 5.32 Å². The predicted molar refractivity (Wildman–Crippen MR) is 113 cm³/mol. The zero-order valence-electron chi connectivity index (χ0n) is 16.9. The van der Waals surface area contributed by atoms with Crippen molar-refractivity contribution in [1.82, 2.24) is 14.7 Å². The quantitative estimate of drug-likeness (QED) is 0.816. The number of piperidine rings is 1. The van der Waals surface area contributed by atoms with Crippen LogP contribution >= 0.6 is 11.6 Å². The first-order valence-electron chi connectivity index (χ1n) is 10.3. The highest BCUT2D eigenvalue weighted by atomic mass is 35.5. The average Bonchev–Trinajstić information content (AvgIpc) is 2.71. The smallest absolute Gasteiger partial charge is 0.241 e. The van der Waals surface area contributed by atoms with Gasteiger partial charge in [0.15, 0.2) is 0 Å². The molecule has 1 N–H and O–H groups in total. The van der Waals surface area contributed by atoms with E-state index in [0.717, 1.165) is 63.4 Å². The highest BCUT2D eigenvalue weighted by Gasteiger charge is 2.27. The molecule has 1 aromatic rings. The topological polar surface area (TPSA) is 55.9 Å². The van der Waals surface area contributed by atoms with Gasteiger partial charge in [-0.15, -0.1) is 0 Å². The number of piperazine rings is 1. The lowest BCUT2D eigenvalue weighted by Crippen LogP contribution is -2.54. The number of likely N-dealkylation sites (tertiary alicyclic amines) is 1. The van der Waals surface area contributed by atoms with E-state index in [1.807, 2.05) is 30.9 Å². The Hall–Kier alpha value is -1.63. The van der Waals surface area contributed by atoms with Crippen LogP contribution in [-0.2, 0) is 9.59 Å². The Balaban J connectivity index is 1.46. The van der Waals surface area contributed by atoms with Gasteiger partial charge in [0.25, 0.3) is 0 Å². The van der Waals surface area contributed by atoms with Crippen molar-refractivity contribution in [3.8, 4) is 0 Å². The van der Waals surface area contributed by atoms with Crippen LogP contribution in [0.2, 0.25) is 5.02 Å². The summed E-state index contributed by atoms with van der Waals surface area (Å²) >= 11 is 6.04. The van der Waals surface area contributed by atoms with Gasteiger partial charge in [-0.05, 0) is 50.8 Å². The van der Waals surface area contributed by atoms with E-state index in [2.05, 4.69) is 15.1 Å². The van der Waals surface area contributed by atoms with Crippen molar-refractivity contribution >= 4 is 29.1 Å². The van der Waals surface area contributed by atoms with E-state index in [1.165, 1.54) is 6.42 Å². The highest BCUT2D eigenvalue weighted by Crippen LogP contribution is 2.21. The number of carbonyl (C=O) groups excluding carboxylic acids is 2. The molecule has 2 heterocycles. The van der Waals surface area contributed by atoms with Gasteiger partial charge in [0, 0.05) is 50.0 Å². The molecule has 0 aliphatic carbocycles. The molecule has 1 unspecified atom stereocenters. The second-order valence-electron chi connectivity index (χ2n) is 7.88. The third kappa shape index (κ3) is 5.46. The molecule has 2 fully saturated rings. The largest absolute Gasteiger partial charge is 0.342 e. The molecular weight excluding hydrogens is 376 g/mol. The van der Waals surface area contributed by atoms with E-state index in [1.54, 1.807) is 6.07 Å². The van der Waals surface area contributed by atoms with E-state index >= 15 is 0 Å². The first kappa shape index (κ1) is 21.1. The number of aryl methyl sites for hydroxylation is 1. The first-order chi connectivity index (χ1) is 13.4. The van der Waals surface area contributed by atoms with Crippen LogP contribution in [0.1, 0.15) is 31.7 Å². The SMILES string of the molecule is Cc1ccc(Cl)cc1NC(=O)C(C)N1CCN(CC(=O)N2CCCCC2)CC1. The molecule has 0 aromatic heterocycles. The average molecular weight is 407 g/mol. The van der Waals surface area contributed by atoms with Crippen LogP contribution in [-0.4, -0.2) is 78.4 Å². The summed E-state index contributed by atoms with van der Waals surface area (Å²) in [6.45, 7) is 9.39. The molecule has 2 aliphatic heterocycles. The molecule has 6 nitrogen and oxygen atoms in total. The molecule has 0 radical (unpaired) electrons. The second-order valence-corrected chi connectivity index (χ2v) is 8.31. The monoisotopic (exact) mass is 406 g/mol. The van der Waals surface area contributed by atoms with Crippen molar-refractivity contribution in [3.63, 3.8) is 0 Å². The maximum Gasteiger partial charge on any atom is 0.241 e. The summed E-state index contributed by atoms with van der Waals surface area (Å²) in [6.07, 6.45) is 3.48. The number of hydrogen-bond donors (Lipinski definition) is 1. The Labute approximate surface area is 172 Å². The molecule has 7 heteroatoms. The maximum absolute atomic E-state index is 12.7. The number of anilines is 1. The van der Waals surface area contributed by atoms with Crippen molar-refractivity contribution in [2.75, 3.05) is 51.1 Å². The van der Waals surface area contributed by atoms with Gasteiger partial charge in [-0.1, -0.05) is 17.7 Å². The summed E-state index contributed by atoms with van der Waals surface area (Å²) in [7, 11) is 0. The summed E-state index contributed by atoms with van der Waals surface area (Å²) in [4.78, 5) is 31.5. The van der Waals surface area contributed by atoms with Crippen LogP contribution in [0.25, 0.3) is 0 Å². The van der Waals surface area contributed by atoms with Crippen LogP contribution in [0.15, 0.2) is 18.2 Å². The third-order valence-corrected chi connectivity index (χ3v) is 6.09. The lowest BCUT2D eigenvalue weighted by molar-refractivity contribution is -0.134. The summed E-state index contributed by atoms with van der Waals surface area (Å²) in [5.41, 5.74) is 1.75. The van der Waals surface area contributed by atoms with Crippen LogP contribution in [0.3, 0.4) is 0 Å². The van der Waals surface area contributed by atoms with Crippen LogP contribution in [0, 0.1) is 6.92 Å². The van der Waals surface area contributed by atoms with Gasteiger partial charge in [-0.2, -0.15) is 0 Å². The standard InChI is InChI=1S/C21H31ClN4O2/c1-16-6-7-18(22)14-19(16)23-21(28)17(2)25-12-10-24(11-13-25)15-20(27)26-8-4-3-5-9-26/h6-7,14,17H,3-5,8-13,15H2,1-2H3,(H,23,28). The minimum Gasteiger partial charge on any atom is -0.342 e. The van der Waals surface area contributed by atoms with Crippen molar-refractivity contribution in [1.29, 1.82) is 0 Å². The molecule has 28 heavy (non-hydrogen) atoms. The zero-order chi connectivity index (χ0) is 20.1. The zero-order valence-corrected chi connectivity index (χ0v) is 17.7. The maximum atomic E-state index is 12.7. The molecule has 2 amide bonds. The number of hydrogen-bond acceptors (Lipinski definition) is 4. The Kier molecular flexibility index (Phi) is 7.32. The van der Waals surface area contributed by atoms with Gasteiger partial charge in [-0.25, -0.2) is 0 Å². The first-order valence-corrected chi connectivity index (χ1v) is 10.6. The molecule has 3 rings (SSSR count). The fourth-order valence-electron chi connectivity index (χ4n) is 3.88. The van der Waals surface area contributed by atoms with Crippen molar-refractivity contribution < 1.29 is 9.59 Å². The predicted octanol–water partition coefficient (Wildman–Crippen LogP) is 2.61. The number of benzene rings is 1. The molecule has 2 aliphatic rings. The van der Waals surface area contributed by atoms with E-state index < -0.39 is 0 Å². The lowest BCUT2D eigenvalue weighted by atomic mass is 10.1. The molecular formula is C21H31ClN4O2. The summed E-state index contributed by atoms with van der Waals surface area (Å²) in [5, 5.41) is 3.61. The lowest BCUT2D eigenvalue weighted by Gasteiger charge is -2.38. The van der Waals surface area contributed by atoms with E-state index in [0.29, 0.717) is 11.6 Å². The Morgan fingerprint density at radius 2 is 1.75 bits per heavy atom. The van der Waals surface area contributed by atoms with Crippen molar-refractivity contribution in [3.05, 3.63) is 28.8 Å². The number of halogens is 1. The number of nitrogens with zero attached hydrogens (tertiary/aromatic N) is 3. The fourth-order valence-corrected chi connectivity index (χ4v) is 4.05. The summed E-state index contributed by atoms with van der Waals surface area (Å²) < 4.78 is 0. The molecule has 1 atom stereocenters. The highest BCUT2D eigenvalue weighted by molar-refractivity contribution is 6.31. The Morgan fingerprint density at radius 3 is 2.43 bits per heavy atom. The minimum atomic E-state index is -0.224. The summed E-state index contributed by atoms with van der Waals surface area (Å²) in [6, 6.07) is 5.28. The van der Waals surface area contributed by atoms with Gasteiger partial charge in [0.05, 0.1) is 12.6 Å². The van der Waals surface area contributed by atoms with E-state index in [9.17, 15) is 9.59 Å². The summed E-state index contributed by atoms with van der Waals surface area (Å²) in [5.74, 6) is 0.221. The van der Waals surface area contributed by atoms with Gasteiger partial charge in [-0.3, -0.25) is 19.4 Å². The number of rotatable bonds is 5. The Bertz CT molecular complexity index is 698. The number of nitrogens with one attached hydrogen (secondary N) is 1. The molecule has 0 saturated carbocycles. The van der Waals surface area contributed by atoms with Crippen LogP contribution in [0.5, 0.6) is 0 Å². The molecule has 154 valence electrons. The van der Waals surface area contributed by atoms with E-state index in [4.69, 9.17) is 11.6 Å². The van der Waals surface area contributed by atoms with Gasteiger partial charge >= 0.3 is 0 Å². The third-order valence-electron chi connectivity index (χ3n) is 5.86. The van der Waals surface area contributed by atoms with Crippen molar-refractivity contribution in [2.45, 2.75) is 39.2 Å². The molecule has 0 bridgehead atoms. The number of amides is 2.